The van der Waals surface area contributed by atoms with E-state index in [2.05, 4.69) is 10.2 Å². The first-order valence-electron chi connectivity index (χ1n) is 5.59. The minimum absolute atomic E-state index is 0.500. The number of carbonyl (C=O) groups excluding carboxylic acids is 1. The van der Waals surface area contributed by atoms with Gasteiger partial charge in [-0.15, -0.1) is 0 Å². The molecule has 7 N–H and O–H groups in total. The van der Waals surface area contributed by atoms with Gasteiger partial charge in [0.15, 0.2) is 0 Å². The van der Waals surface area contributed by atoms with Crippen molar-refractivity contribution in [2.24, 2.45) is 5.11 Å². The highest BCUT2D eigenvalue weighted by atomic mass is 16.3. The highest BCUT2D eigenvalue weighted by Crippen LogP contribution is 2.17. The molecule has 0 aliphatic heterocycles. The topological polar surface area (TPSA) is 145 Å². The number of anilines is 3. The van der Waals surface area contributed by atoms with Crippen molar-refractivity contribution in [1.82, 2.24) is 0 Å². The Balaban J connectivity index is 0.000000612. The summed E-state index contributed by atoms with van der Waals surface area (Å²) in [6, 6.07) is 12.5. The van der Waals surface area contributed by atoms with Gasteiger partial charge < -0.3 is 27.1 Å². The second kappa shape index (κ2) is 7.37. The summed E-state index contributed by atoms with van der Waals surface area (Å²) in [5.74, 6) is 0. The van der Waals surface area contributed by atoms with Crippen LogP contribution in [-0.4, -0.2) is 6.47 Å². The van der Waals surface area contributed by atoms with Crippen molar-refractivity contribution in [2.45, 2.75) is 0 Å². The Bertz CT molecular complexity index is 613. The Labute approximate surface area is 115 Å². The van der Waals surface area contributed by atoms with Gasteiger partial charge in [-0.25, -0.2) is 0 Å². The molecule has 0 atom stereocenters. The Kier molecular flexibility index (Phi) is 5.51. The third-order valence-electron chi connectivity index (χ3n) is 2.25. The van der Waals surface area contributed by atoms with Crippen molar-refractivity contribution >= 4 is 34.9 Å². The van der Waals surface area contributed by atoms with Gasteiger partial charge in [-0.05, 0) is 35.4 Å². The summed E-state index contributed by atoms with van der Waals surface area (Å²) in [7, 11) is 0. The maximum absolute atomic E-state index is 8.25. The van der Waals surface area contributed by atoms with Crippen LogP contribution in [-0.2, 0) is 4.79 Å². The maximum atomic E-state index is 8.25. The summed E-state index contributed by atoms with van der Waals surface area (Å²) in [5.41, 5.74) is 20.3. The summed E-state index contributed by atoms with van der Waals surface area (Å²) in [6.07, 6.45) is 0. The van der Waals surface area contributed by atoms with Crippen LogP contribution in [0.5, 0.6) is 0 Å². The quantitative estimate of drug-likeness (QED) is 0.324. The highest BCUT2D eigenvalue weighted by molar-refractivity contribution is 5.63. The van der Waals surface area contributed by atoms with Crippen LogP contribution < -0.4 is 27.4 Å². The highest BCUT2D eigenvalue weighted by Gasteiger charge is 2.03. The second-order valence-electron chi connectivity index (χ2n) is 3.76. The number of nitrogen functional groups attached to an aromatic ring is 3. The van der Waals surface area contributed by atoms with Crippen molar-refractivity contribution in [3.8, 4) is 0 Å². The molecule has 7 heteroatoms. The number of rotatable bonds is 2. The van der Waals surface area contributed by atoms with E-state index in [1.165, 1.54) is 0 Å². The third-order valence-corrected chi connectivity index (χ3v) is 2.25. The summed E-state index contributed by atoms with van der Waals surface area (Å²) < 4.78 is 0. The molecule has 0 saturated heterocycles. The zero-order chi connectivity index (χ0) is 15.0. The first-order valence-corrected chi connectivity index (χ1v) is 5.59. The molecule has 0 amide bonds. The molecule has 0 aliphatic rings. The average Bonchev–Trinajstić information content (AvgIpc) is 2.39. The monoisotopic (exact) mass is 273 g/mol. The second-order valence-corrected chi connectivity index (χ2v) is 3.76. The fraction of sp³-hybridized carbons (Fsp3) is 0. The van der Waals surface area contributed by atoms with Gasteiger partial charge in [-0.2, -0.15) is 0 Å². The van der Waals surface area contributed by atoms with E-state index in [1.807, 2.05) is 12.1 Å². The molecule has 0 spiro atoms. The molecule has 0 bridgehead atoms. The van der Waals surface area contributed by atoms with E-state index in [-0.39, 0.29) is 0 Å². The summed E-state index contributed by atoms with van der Waals surface area (Å²) in [6.45, 7) is -0.500. The van der Waals surface area contributed by atoms with E-state index in [1.54, 1.807) is 30.3 Å². The van der Waals surface area contributed by atoms with Gasteiger partial charge in [-0.1, -0.05) is 11.2 Å². The van der Waals surface area contributed by atoms with Crippen LogP contribution in [0.1, 0.15) is 0 Å². The molecular formula is C13H15N5O2. The van der Waals surface area contributed by atoms with Gasteiger partial charge >= 0.3 is 0 Å². The number of nitrogens with one attached hydrogen (secondary N) is 1. The molecule has 2 aromatic carbocycles. The molecule has 2 aromatic rings. The van der Waals surface area contributed by atoms with Crippen LogP contribution in [0, 0.1) is 0 Å². The van der Waals surface area contributed by atoms with Gasteiger partial charge in [0.25, 0.3) is 5.69 Å². The molecular weight excluding hydrogens is 258 g/mol. The molecule has 0 saturated carbocycles. The lowest BCUT2D eigenvalue weighted by atomic mass is 10.2. The fourth-order valence-corrected chi connectivity index (χ4v) is 1.40. The molecule has 0 aliphatic carbocycles. The van der Waals surface area contributed by atoms with E-state index >= 15 is 0 Å². The molecule has 0 aromatic heterocycles. The molecule has 20 heavy (non-hydrogen) atoms. The summed E-state index contributed by atoms with van der Waals surface area (Å²) in [5, 5.41) is 15.3. The molecule has 7 nitrogen and oxygen atoms in total. The van der Waals surface area contributed by atoms with E-state index in [4.69, 9.17) is 27.1 Å². The Morgan fingerprint density at radius 2 is 1.70 bits per heavy atom. The van der Waals surface area contributed by atoms with Crippen molar-refractivity contribution in [3.05, 3.63) is 42.5 Å². The molecule has 0 unspecified atom stereocenters. The van der Waals surface area contributed by atoms with E-state index in [0.29, 0.717) is 22.7 Å². The van der Waals surface area contributed by atoms with Crippen molar-refractivity contribution in [1.29, 1.82) is 0 Å². The predicted octanol–water partition coefficient (Wildman–Crippen LogP) is -0.705. The lowest BCUT2D eigenvalue weighted by Crippen LogP contribution is -2.57. The molecule has 2 rings (SSSR count). The third kappa shape index (κ3) is 4.65. The first-order chi connectivity index (χ1) is 9.56. The maximum Gasteiger partial charge on any atom is 0.252 e. The zero-order valence-corrected chi connectivity index (χ0v) is 10.6. The van der Waals surface area contributed by atoms with E-state index < -0.39 is 6.47 Å². The number of hydrogen-bond donors (Lipinski definition) is 4. The van der Waals surface area contributed by atoms with E-state index in [9.17, 15) is 0 Å². The SMILES string of the molecule is Nc1cccc(N=[NH+]c2ccc(N)cc2N)c1.O=C[O-]. The van der Waals surface area contributed by atoms with Crippen molar-refractivity contribution in [2.75, 3.05) is 17.2 Å². The van der Waals surface area contributed by atoms with Crippen LogP contribution >= 0.6 is 0 Å². The molecule has 0 heterocycles. The van der Waals surface area contributed by atoms with Gasteiger partial charge in [0, 0.05) is 23.9 Å². The van der Waals surface area contributed by atoms with Gasteiger partial charge in [0.05, 0.1) is 0 Å². The summed E-state index contributed by atoms with van der Waals surface area (Å²) in [4.78, 5) is 8.25. The minimum atomic E-state index is -0.500. The molecule has 0 fully saturated rings. The Morgan fingerprint density at radius 3 is 2.30 bits per heavy atom. The van der Waals surface area contributed by atoms with Crippen LogP contribution in [0.15, 0.2) is 47.6 Å². The lowest BCUT2D eigenvalue weighted by Gasteiger charge is -1.95. The number of carboxylic acid groups (broad SMARTS) is 1. The lowest BCUT2D eigenvalue weighted by molar-refractivity contribution is -0.432. The smallest absolute Gasteiger partial charge is 0.252 e. The predicted molar refractivity (Wildman–Crippen MR) is 74.9 cm³/mol. The largest absolute Gasteiger partial charge is 0.554 e. The Hall–Kier alpha value is -3.09. The van der Waals surface area contributed by atoms with Gasteiger partial charge in [0.2, 0.25) is 0 Å². The number of nitrogens with two attached hydrogens (primary N) is 3. The number of carbonyl (C=O) groups is 1. The van der Waals surface area contributed by atoms with Gasteiger partial charge in [-0.3, -0.25) is 0 Å². The van der Waals surface area contributed by atoms with Crippen LogP contribution in [0.3, 0.4) is 0 Å². The molecule has 104 valence electrons. The fourth-order valence-electron chi connectivity index (χ4n) is 1.40. The van der Waals surface area contributed by atoms with Crippen LogP contribution in [0.4, 0.5) is 28.4 Å². The van der Waals surface area contributed by atoms with Crippen molar-refractivity contribution < 1.29 is 15.0 Å². The number of azo groups is 1. The number of nitrogens with zero attached hydrogens (tertiary/aromatic N) is 1. The van der Waals surface area contributed by atoms with Crippen LogP contribution in [0.2, 0.25) is 0 Å². The minimum Gasteiger partial charge on any atom is -0.554 e. The number of hydrogen-bond acceptors (Lipinski definition) is 6. The van der Waals surface area contributed by atoms with E-state index in [0.717, 1.165) is 5.69 Å². The first kappa shape index (κ1) is 15.0. The van der Waals surface area contributed by atoms with Crippen LogP contribution in [0.25, 0.3) is 0 Å². The van der Waals surface area contributed by atoms with Gasteiger partial charge in [0.1, 0.15) is 11.4 Å². The van der Waals surface area contributed by atoms with Crippen molar-refractivity contribution in [3.63, 3.8) is 0 Å². The molecule has 0 radical (unpaired) electrons. The Morgan fingerprint density at radius 1 is 1.05 bits per heavy atom. The summed E-state index contributed by atoms with van der Waals surface area (Å²) >= 11 is 0. The zero-order valence-electron chi connectivity index (χ0n) is 10.6. The standard InChI is InChI=1S/C12H13N5.CH2O2/c13-8-2-1-3-10(6-8)16-17-12-5-4-9(14)7-11(12)15;2-1-3/h1-7H,13-15H2;1H,(H,2,3). The average molecular weight is 273 g/mol. The normalized spacial score (nSPS) is 9.80. The number of benzene rings is 2.